The number of urea groups is 1. The first-order chi connectivity index (χ1) is 15.3. The van der Waals surface area contributed by atoms with Gasteiger partial charge in [-0.3, -0.25) is 9.69 Å². The van der Waals surface area contributed by atoms with Gasteiger partial charge in [-0.05, 0) is 29.8 Å². The molecule has 1 aliphatic heterocycles. The summed E-state index contributed by atoms with van der Waals surface area (Å²) in [6.07, 6.45) is 0. The third-order valence-electron chi connectivity index (χ3n) is 5.46. The summed E-state index contributed by atoms with van der Waals surface area (Å²) in [5.41, 5.74) is 3.39. The van der Waals surface area contributed by atoms with Crippen molar-refractivity contribution in [2.45, 2.75) is 6.54 Å². The van der Waals surface area contributed by atoms with E-state index in [2.05, 4.69) is 20.4 Å². The van der Waals surface area contributed by atoms with Crippen molar-refractivity contribution in [1.29, 1.82) is 0 Å². The van der Waals surface area contributed by atoms with Crippen molar-refractivity contribution in [2.24, 2.45) is 0 Å². The summed E-state index contributed by atoms with van der Waals surface area (Å²) in [6.45, 7) is 3.86. The van der Waals surface area contributed by atoms with Crippen LogP contribution in [0, 0.1) is 5.82 Å². The number of halogens is 1. The molecule has 0 atom stereocenters. The molecule has 1 heterocycles. The number of thiocarbonyl (C=S) groups is 1. The van der Waals surface area contributed by atoms with Crippen molar-refractivity contribution in [3.05, 3.63) is 58.9 Å². The number of carbonyl (C=O) groups is 2. The molecule has 0 saturated carbocycles. The Labute approximate surface area is 193 Å². The van der Waals surface area contributed by atoms with Crippen LogP contribution in [-0.2, 0) is 6.54 Å². The fourth-order valence-corrected chi connectivity index (χ4v) is 3.79. The van der Waals surface area contributed by atoms with Gasteiger partial charge in [-0.1, -0.05) is 24.4 Å². The summed E-state index contributed by atoms with van der Waals surface area (Å²) in [4.78, 5) is 29.7. The highest BCUT2D eigenvalue weighted by Gasteiger charge is 2.20. The number of hydrogen-bond acceptors (Lipinski definition) is 5. The van der Waals surface area contributed by atoms with E-state index in [1.165, 1.54) is 24.1 Å². The zero-order valence-corrected chi connectivity index (χ0v) is 19.3. The lowest BCUT2D eigenvalue weighted by Gasteiger charge is -2.36. The molecule has 0 aliphatic carbocycles. The van der Waals surface area contributed by atoms with Crippen LogP contribution in [0.4, 0.5) is 20.6 Å². The monoisotopic (exact) mass is 457 g/mol. The van der Waals surface area contributed by atoms with Gasteiger partial charge in [0, 0.05) is 70.5 Å². The number of nitrogens with zero attached hydrogens (tertiary/aromatic N) is 3. The molecular weight excluding hydrogens is 429 g/mol. The number of carbonyl (C=O) groups excluding carboxylic acids is 2. The smallest absolute Gasteiger partial charge is 0.321 e. The zero-order chi connectivity index (χ0) is 23.3. The van der Waals surface area contributed by atoms with Crippen LogP contribution in [0.15, 0.2) is 36.4 Å². The molecule has 3 rings (SSSR count). The van der Waals surface area contributed by atoms with Crippen LogP contribution in [0.25, 0.3) is 0 Å². The number of piperazine rings is 1. The van der Waals surface area contributed by atoms with Crippen molar-refractivity contribution in [1.82, 2.24) is 15.1 Å². The highest BCUT2D eigenvalue weighted by atomic mass is 32.1. The number of amides is 3. The van der Waals surface area contributed by atoms with Gasteiger partial charge in [-0.2, -0.15) is 0 Å². The molecule has 1 saturated heterocycles. The lowest BCUT2D eigenvalue weighted by atomic mass is 10.1. The first-order valence-electron chi connectivity index (χ1n) is 10.4. The highest BCUT2D eigenvalue weighted by Crippen LogP contribution is 2.22. The van der Waals surface area contributed by atoms with Crippen molar-refractivity contribution in [3.63, 3.8) is 0 Å². The molecule has 2 aromatic rings. The van der Waals surface area contributed by atoms with E-state index in [4.69, 9.17) is 12.2 Å². The Morgan fingerprint density at radius 2 is 1.84 bits per heavy atom. The Kier molecular flexibility index (Phi) is 7.76. The second-order valence-electron chi connectivity index (χ2n) is 7.87. The lowest BCUT2D eigenvalue weighted by Crippen LogP contribution is -2.46. The van der Waals surface area contributed by atoms with Crippen molar-refractivity contribution in [2.75, 3.05) is 57.5 Å². The molecular formula is C23H28FN5O2S. The minimum absolute atomic E-state index is 0.0480. The molecule has 0 spiro atoms. The fraction of sp³-hybridized carbons (Fsp3) is 0.348. The van der Waals surface area contributed by atoms with E-state index in [1.54, 1.807) is 25.5 Å². The molecule has 32 heavy (non-hydrogen) atoms. The average Bonchev–Trinajstić information content (AvgIpc) is 2.79. The maximum atomic E-state index is 14.3. The zero-order valence-electron chi connectivity index (χ0n) is 18.5. The van der Waals surface area contributed by atoms with Crippen LogP contribution in [0.5, 0.6) is 0 Å². The Balaban J connectivity index is 1.62. The molecule has 1 aliphatic rings. The summed E-state index contributed by atoms with van der Waals surface area (Å²) in [5.74, 6) is -0.949. The van der Waals surface area contributed by atoms with E-state index in [0.717, 1.165) is 49.5 Å². The second-order valence-corrected chi connectivity index (χ2v) is 8.11. The predicted octanol–water partition coefficient (Wildman–Crippen LogP) is 2.95. The van der Waals surface area contributed by atoms with Crippen LogP contribution in [0.2, 0.25) is 0 Å². The first kappa shape index (κ1) is 23.6. The normalized spacial score (nSPS) is 14.1. The SMILES string of the molecule is CNC(=O)c1ccc(N2CCN(Cc3ccc(C=S)c(NC(=O)N(C)C)c3)CC2)cc1F. The van der Waals surface area contributed by atoms with Crippen LogP contribution in [0.1, 0.15) is 21.5 Å². The molecule has 9 heteroatoms. The number of benzene rings is 2. The van der Waals surface area contributed by atoms with Crippen molar-refractivity contribution >= 4 is 40.9 Å². The molecule has 0 bridgehead atoms. The quantitative estimate of drug-likeness (QED) is 0.653. The second kappa shape index (κ2) is 10.5. The summed E-state index contributed by atoms with van der Waals surface area (Å²) >= 11 is 5.07. The number of anilines is 2. The predicted molar refractivity (Wildman–Crippen MR) is 129 cm³/mol. The number of nitrogens with one attached hydrogen (secondary N) is 2. The summed E-state index contributed by atoms with van der Waals surface area (Å²) in [5, 5.41) is 6.89. The van der Waals surface area contributed by atoms with Gasteiger partial charge in [0.05, 0.1) is 11.3 Å². The van der Waals surface area contributed by atoms with E-state index >= 15 is 0 Å². The van der Waals surface area contributed by atoms with E-state index < -0.39 is 11.7 Å². The maximum absolute atomic E-state index is 14.3. The Morgan fingerprint density at radius 3 is 2.44 bits per heavy atom. The van der Waals surface area contributed by atoms with Gasteiger partial charge in [0.2, 0.25) is 0 Å². The number of rotatable bonds is 6. The Morgan fingerprint density at radius 1 is 1.12 bits per heavy atom. The largest absolute Gasteiger partial charge is 0.369 e. The minimum atomic E-state index is -0.518. The van der Waals surface area contributed by atoms with Gasteiger partial charge in [0.15, 0.2) is 0 Å². The summed E-state index contributed by atoms with van der Waals surface area (Å²) < 4.78 is 14.3. The van der Waals surface area contributed by atoms with Crippen molar-refractivity contribution < 1.29 is 14.0 Å². The van der Waals surface area contributed by atoms with Gasteiger partial charge in [-0.15, -0.1) is 0 Å². The molecule has 2 N–H and O–H groups in total. The fourth-order valence-electron chi connectivity index (χ4n) is 3.58. The first-order valence-corrected chi connectivity index (χ1v) is 10.8. The van der Waals surface area contributed by atoms with Gasteiger partial charge in [-0.25, -0.2) is 9.18 Å². The van der Waals surface area contributed by atoms with E-state index in [9.17, 15) is 14.0 Å². The topological polar surface area (TPSA) is 67.9 Å². The van der Waals surface area contributed by atoms with Crippen LogP contribution >= 0.6 is 12.2 Å². The van der Waals surface area contributed by atoms with E-state index in [-0.39, 0.29) is 11.6 Å². The van der Waals surface area contributed by atoms with Crippen LogP contribution in [-0.4, -0.2) is 74.4 Å². The van der Waals surface area contributed by atoms with E-state index in [0.29, 0.717) is 5.69 Å². The van der Waals surface area contributed by atoms with E-state index in [1.807, 2.05) is 18.2 Å². The van der Waals surface area contributed by atoms with Gasteiger partial charge in [0.25, 0.3) is 5.91 Å². The molecule has 170 valence electrons. The summed E-state index contributed by atoms with van der Waals surface area (Å²) in [6, 6.07) is 10.4. The minimum Gasteiger partial charge on any atom is -0.369 e. The standard InChI is InChI=1S/C23H28FN5O2S/c1-25-22(30)19-7-6-18(13-20(19)24)29-10-8-28(9-11-29)14-16-4-5-17(15-32)21(12-16)26-23(31)27(2)3/h4-7,12-13,15H,8-11,14H2,1-3H3,(H,25,30)(H,26,31). The van der Waals surface area contributed by atoms with Crippen molar-refractivity contribution in [3.8, 4) is 0 Å². The van der Waals surface area contributed by atoms with Gasteiger partial charge in [0.1, 0.15) is 5.82 Å². The Hall–Kier alpha value is -3.04. The third-order valence-corrected chi connectivity index (χ3v) is 5.71. The van der Waals surface area contributed by atoms with Crippen LogP contribution < -0.4 is 15.5 Å². The van der Waals surface area contributed by atoms with Gasteiger partial charge >= 0.3 is 6.03 Å². The highest BCUT2D eigenvalue weighted by molar-refractivity contribution is 7.79. The molecule has 0 radical (unpaired) electrons. The third kappa shape index (κ3) is 5.60. The maximum Gasteiger partial charge on any atom is 0.321 e. The average molecular weight is 458 g/mol. The molecule has 0 unspecified atom stereocenters. The Bertz CT molecular complexity index is 1010. The molecule has 0 aromatic heterocycles. The molecule has 2 aromatic carbocycles. The van der Waals surface area contributed by atoms with Crippen LogP contribution in [0.3, 0.4) is 0 Å². The molecule has 3 amide bonds. The van der Waals surface area contributed by atoms with Gasteiger partial charge < -0.3 is 20.4 Å². The number of hydrogen-bond donors (Lipinski definition) is 2. The molecule has 1 fully saturated rings. The summed E-state index contributed by atoms with van der Waals surface area (Å²) in [7, 11) is 4.86. The lowest BCUT2D eigenvalue weighted by molar-refractivity contribution is 0.0959. The molecule has 7 nitrogen and oxygen atoms in total.